The van der Waals surface area contributed by atoms with Gasteiger partial charge >= 0.3 is 23.0 Å². The topological polar surface area (TPSA) is 195 Å². The molecule has 7 rings (SSSR count). The lowest BCUT2D eigenvalue weighted by molar-refractivity contribution is 0.111. The lowest BCUT2D eigenvalue weighted by Crippen LogP contribution is -2.13. The molecule has 0 unspecified atom stereocenters. The van der Waals surface area contributed by atoms with E-state index < -0.39 is 23.0 Å². The van der Waals surface area contributed by atoms with E-state index in [0.29, 0.717) is 37.7 Å². The van der Waals surface area contributed by atoms with Crippen molar-refractivity contribution in [1.82, 2.24) is 0 Å². The quantitative estimate of drug-likeness (QED) is 0.0584. The van der Waals surface area contributed by atoms with Crippen molar-refractivity contribution in [2.75, 3.05) is 0 Å². The average Bonchev–Trinajstić information content (AvgIpc) is 3.29. The molecule has 336 valence electrons. The van der Waals surface area contributed by atoms with Gasteiger partial charge < -0.3 is 27.1 Å². The van der Waals surface area contributed by atoms with Crippen molar-refractivity contribution in [3.63, 3.8) is 0 Å². The molecule has 0 bridgehead atoms. The first-order valence-electron chi connectivity index (χ1n) is 18.2. The summed E-state index contributed by atoms with van der Waals surface area (Å²) in [5.41, 5.74) is -1.05. The third kappa shape index (κ3) is 11.0. The van der Waals surface area contributed by atoms with Crippen LogP contribution < -0.4 is 27.1 Å². The zero-order valence-corrected chi connectivity index (χ0v) is 39.9. The first kappa shape index (κ1) is 48.5. The minimum Gasteiger partial charge on any atom is -0.413 e. The Labute approximate surface area is 404 Å². The number of aldehydes is 6. The van der Waals surface area contributed by atoms with Gasteiger partial charge in [-0.25, -0.2) is 0 Å². The highest BCUT2D eigenvalue weighted by Crippen LogP contribution is 2.79. The van der Waals surface area contributed by atoms with E-state index in [1.165, 1.54) is 109 Å². The smallest absolute Gasteiger partial charge is 0.413 e. The van der Waals surface area contributed by atoms with Crippen molar-refractivity contribution in [2.45, 2.75) is 0 Å². The Balaban J connectivity index is 1.72. The van der Waals surface area contributed by atoms with Gasteiger partial charge in [-0.1, -0.05) is 83.2 Å². The van der Waals surface area contributed by atoms with Crippen LogP contribution in [0.25, 0.3) is 0 Å². The van der Waals surface area contributed by atoms with Crippen LogP contribution in [-0.4, -0.2) is 37.7 Å². The van der Waals surface area contributed by atoms with Gasteiger partial charge in [0.2, 0.25) is 0 Å². The Bertz CT molecular complexity index is 2640. The Hall–Kier alpha value is -5.43. The Kier molecular flexibility index (Phi) is 15.1. The summed E-state index contributed by atoms with van der Waals surface area (Å²) in [5.74, 6) is -1.69. The van der Waals surface area contributed by atoms with Crippen molar-refractivity contribution >= 4 is 130 Å². The van der Waals surface area contributed by atoms with Gasteiger partial charge in [-0.05, 0) is 109 Å². The second-order valence-electron chi connectivity index (χ2n) is 13.1. The second-order valence-corrected chi connectivity index (χ2v) is 21.9. The van der Waals surface area contributed by atoms with Gasteiger partial charge in [0.05, 0.1) is 33.4 Å². The van der Waals surface area contributed by atoms with Crippen LogP contribution in [0.15, 0.2) is 123 Å². The zero-order chi connectivity index (χ0) is 47.2. The van der Waals surface area contributed by atoms with Gasteiger partial charge in [-0.2, -0.15) is 0 Å². The number of carbonyl (C=O) groups is 6. The Morgan fingerprint density at radius 3 is 0.576 bits per heavy atom. The largest absolute Gasteiger partial charge is 0.460 e. The molecule has 0 saturated heterocycles. The fourth-order valence-electron chi connectivity index (χ4n) is 5.69. The summed E-state index contributed by atoms with van der Waals surface area (Å²) in [6.07, 6.45) is 2.41. The third-order valence-corrected chi connectivity index (χ3v) is 18.0. The van der Waals surface area contributed by atoms with Gasteiger partial charge in [0.1, 0.15) is 34.5 Å². The van der Waals surface area contributed by atoms with Crippen LogP contribution in [0.3, 0.4) is 0 Å². The molecule has 1 aliphatic heterocycles. The molecule has 0 aromatic heterocycles. The summed E-state index contributed by atoms with van der Waals surface area (Å²) in [6, 6.07) is 23.3. The summed E-state index contributed by atoms with van der Waals surface area (Å²) in [5, 5.41) is 0.638. The van der Waals surface area contributed by atoms with Crippen LogP contribution in [0, 0.1) is 0 Å². The van der Waals surface area contributed by atoms with Crippen molar-refractivity contribution in [3.8, 4) is 34.5 Å². The predicted molar refractivity (Wildman–Crippen MR) is 253 cm³/mol. The standard InChI is InChI=1S/C42H24Cl6N3O12P3/c43-31-1-7-37(25(13-31)19-52)58-64(59-38-8-2-32(44)14-26(38)20-53)49-65(60-39-9-3-33(45)15-27(39)21-54,61-40-10-4-34(46)16-28(40)22-55)51-66(50-64,62-41-11-5-35(47)17-29(41)23-56)63-42-12-6-36(48)18-30(42)24-57/h1-24H. The van der Waals surface area contributed by atoms with Crippen LogP contribution >= 0.6 is 92.6 Å². The SMILES string of the molecule is O=Cc1cc(Cl)ccc1OP1(Oc2ccc(Cl)cc2C=O)=NP(Oc2ccc(Cl)cc2C=O)(Oc2ccc(Cl)cc2C=O)=NP(Oc2ccc(Cl)cc2C=O)(Oc2ccc(Cl)cc2C=O)=N1. The lowest BCUT2D eigenvalue weighted by Gasteiger charge is -2.34. The fraction of sp³-hybridized carbons (Fsp3) is 0. The number of carbonyl (C=O) groups excluding carboxylic acids is 6. The van der Waals surface area contributed by atoms with Gasteiger partial charge in [0.15, 0.2) is 37.7 Å². The van der Waals surface area contributed by atoms with Crippen molar-refractivity contribution in [1.29, 1.82) is 0 Å². The Morgan fingerprint density at radius 1 is 0.288 bits per heavy atom. The molecular weight excluding hydrogens is 1040 g/mol. The number of benzene rings is 6. The number of rotatable bonds is 18. The van der Waals surface area contributed by atoms with E-state index in [-0.39, 0.29) is 98.0 Å². The minimum absolute atomic E-state index is 0.106. The maximum Gasteiger partial charge on any atom is 0.460 e. The highest BCUT2D eigenvalue weighted by molar-refractivity contribution is 7.79. The van der Waals surface area contributed by atoms with Crippen molar-refractivity contribution in [3.05, 3.63) is 173 Å². The molecule has 24 heteroatoms. The van der Waals surface area contributed by atoms with E-state index >= 15 is 0 Å². The number of halogens is 6. The molecule has 0 N–H and O–H groups in total. The highest BCUT2D eigenvalue weighted by Gasteiger charge is 2.50. The Morgan fingerprint density at radius 2 is 0.439 bits per heavy atom. The summed E-state index contributed by atoms with van der Waals surface area (Å²) in [7, 11) is -14.9. The molecule has 0 atom stereocenters. The zero-order valence-electron chi connectivity index (χ0n) is 32.7. The predicted octanol–water partition coefficient (Wildman–Crippen LogP) is 15.1. The molecule has 6 aromatic carbocycles. The highest BCUT2D eigenvalue weighted by atomic mass is 35.5. The van der Waals surface area contributed by atoms with Crippen LogP contribution in [0.4, 0.5) is 0 Å². The average molecular weight is 1070 g/mol. The van der Waals surface area contributed by atoms with Crippen LogP contribution in [-0.2, 0) is 0 Å². The van der Waals surface area contributed by atoms with E-state index in [9.17, 15) is 28.8 Å². The van der Waals surface area contributed by atoms with E-state index in [1.54, 1.807) is 0 Å². The fourth-order valence-corrected chi connectivity index (χ4v) is 16.0. The summed E-state index contributed by atoms with van der Waals surface area (Å²) in [4.78, 5) is 76.0. The molecule has 0 aliphatic carbocycles. The number of nitrogens with zero attached hydrogens (tertiary/aromatic N) is 3. The van der Waals surface area contributed by atoms with Gasteiger partial charge in [-0.3, -0.25) is 28.8 Å². The molecule has 1 aliphatic rings. The van der Waals surface area contributed by atoms with E-state index in [0.717, 1.165) is 0 Å². The van der Waals surface area contributed by atoms with Crippen molar-refractivity contribution < 1.29 is 55.9 Å². The molecule has 0 fully saturated rings. The lowest BCUT2D eigenvalue weighted by atomic mass is 10.2. The van der Waals surface area contributed by atoms with E-state index in [1.807, 2.05) is 0 Å². The molecule has 15 nitrogen and oxygen atoms in total. The molecular formula is C42H24Cl6N3O12P3. The summed E-state index contributed by atoms with van der Waals surface area (Å²) < 4.78 is 54.6. The number of hydrogen-bond acceptors (Lipinski definition) is 15. The van der Waals surface area contributed by atoms with E-state index in [4.69, 9.17) is 110 Å². The third-order valence-electron chi connectivity index (χ3n) is 8.57. The molecule has 66 heavy (non-hydrogen) atoms. The van der Waals surface area contributed by atoms with Gasteiger partial charge in [-0.15, -0.1) is 0 Å². The van der Waals surface area contributed by atoms with Gasteiger partial charge in [0.25, 0.3) is 0 Å². The summed E-state index contributed by atoms with van der Waals surface area (Å²) in [6.45, 7) is 0. The monoisotopic (exact) mass is 1060 g/mol. The second kappa shape index (κ2) is 20.6. The molecule has 6 aromatic rings. The molecule has 0 radical (unpaired) electrons. The van der Waals surface area contributed by atoms with Crippen LogP contribution in [0.1, 0.15) is 62.1 Å². The first-order chi connectivity index (χ1) is 31.6. The van der Waals surface area contributed by atoms with Crippen LogP contribution in [0.5, 0.6) is 34.5 Å². The maximum absolute atomic E-state index is 12.7. The first-order valence-corrected chi connectivity index (χ1v) is 25.1. The van der Waals surface area contributed by atoms with Crippen molar-refractivity contribution in [2.24, 2.45) is 13.5 Å². The van der Waals surface area contributed by atoms with Crippen LogP contribution in [0.2, 0.25) is 30.1 Å². The molecule has 0 saturated carbocycles. The van der Waals surface area contributed by atoms with Gasteiger partial charge in [0, 0.05) is 30.1 Å². The summed E-state index contributed by atoms with van der Waals surface area (Å²) >= 11 is 37.8. The minimum atomic E-state index is -4.97. The maximum atomic E-state index is 12.7. The molecule has 0 spiro atoms. The normalized spacial score (nSPS) is 14.1. The number of hydrogen-bond donors (Lipinski definition) is 0. The van der Waals surface area contributed by atoms with E-state index in [2.05, 4.69) is 0 Å². The molecule has 0 amide bonds. The molecule has 1 heterocycles.